The summed E-state index contributed by atoms with van der Waals surface area (Å²) >= 11 is 0. The van der Waals surface area contributed by atoms with Crippen LogP contribution in [0.5, 0.6) is 0 Å². The number of carbonyl (C=O) groups is 1. The summed E-state index contributed by atoms with van der Waals surface area (Å²) in [5.41, 5.74) is 0. The topological polar surface area (TPSA) is 20.3 Å². The molecule has 1 amide bonds. The molecule has 1 fully saturated rings. The Labute approximate surface area is 67.6 Å². The van der Waals surface area contributed by atoms with Crippen LogP contribution in [0.15, 0.2) is 0 Å². The third kappa shape index (κ3) is 2.27. The van der Waals surface area contributed by atoms with Crippen LogP contribution >= 0.6 is 0 Å². The quantitative estimate of drug-likeness (QED) is 0.540. The van der Waals surface area contributed by atoms with Gasteiger partial charge in [-0.1, -0.05) is 0 Å². The molecule has 0 aromatic rings. The average Bonchev–Trinajstić information content (AvgIpc) is 2.52. The second kappa shape index (κ2) is 4.02. The fraction of sp³-hybridized carbons (Fsp3) is 0.667. The van der Waals surface area contributed by atoms with E-state index in [1.807, 2.05) is 4.90 Å². The van der Waals surface area contributed by atoms with E-state index in [1.54, 1.807) is 0 Å². The van der Waals surface area contributed by atoms with Crippen molar-refractivity contribution in [3.63, 3.8) is 0 Å². The van der Waals surface area contributed by atoms with Gasteiger partial charge in [0.25, 0.3) is 0 Å². The zero-order valence-corrected chi connectivity index (χ0v) is 6.68. The lowest BCUT2D eigenvalue weighted by atomic mass is 10.3. The highest BCUT2D eigenvalue weighted by molar-refractivity contribution is 5.76. The molecule has 0 aliphatic carbocycles. The zero-order chi connectivity index (χ0) is 8.10. The molecular weight excluding hydrogens is 138 g/mol. The first kappa shape index (κ1) is 8.13. The number of nitrogens with zero attached hydrogens (tertiary/aromatic N) is 1. The van der Waals surface area contributed by atoms with E-state index >= 15 is 0 Å². The molecule has 0 aromatic heterocycles. The van der Waals surface area contributed by atoms with E-state index in [-0.39, 0.29) is 5.91 Å². The summed E-state index contributed by atoms with van der Waals surface area (Å²) in [6.45, 7) is 1.87. The van der Waals surface area contributed by atoms with E-state index in [1.165, 1.54) is 0 Å². The van der Waals surface area contributed by atoms with Crippen LogP contribution in [0, 0.1) is 12.3 Å². The predicted octanol–water partition coefficient (Wildman–Crippen LogP) is 1.02. The van der Waals surface area contributed by atoms with Crippen LogP contribution in [0.2, 0.25) is 0 Å². The maximum absolute atomic E-state index is 11.2. The highest BCUT2D eigenvalue weighted by atomic mass is 16.2. The van der Waals surface area contributed by atoms with Crippen molar-refractivity contribution in [3.05, 3.63) is 0 Å². The fourth-order valence-corrected chi connectivity index (χ4v) is 1.30. The minimum absolute atomic E-state index is 0.223. The third-order valence-corrected chi connectivity index (χ3v) is 1.94. The lowest BCUT2D eigenvalue weighted by molar-refractivity contribution is -0.129. The number of likely N-dealkylation sites (tertiary alicyclic amines) is 1. The Kier molecular flexibility index (Phi) is 2.97. The van der Waals surface area contributed by atoms with E-state index in [0.717, 1.165) is 25.9 Å². The molecule has 11 heavy (non-hydrogen) atoms. The first-order valence-corrected chi connectivity index (χ1v) is 4.06. The first-order valence-electron chi connectivity index (χ1n) is 4.06. The number of hydrogen-bond donors (Lipinski definition) is 0. The molecule has 1 aliphatic heterocycles. The molecule has 1 rings (SSSR count). The number of terminal acetylenes is 1. The summed E-state index contributed by atoms with van der Waals surface area (Å²) < 4.78 is 0. The molecule has 1 heterocycles. The number of amides is 1. The minimum atomic E-state index is 0.223. The Morgan fingerprint density at radius 3 is 2.64 bits per heavy atom. The largest absolute Gasteiger partial charge is 0.343 e. The van der Waals surface area contributed by atoms with Crippen molar-refractivity contribution in [2.75, 3.05) is 13.1 Å². The first-order chi connectivity index (χ1) is 5.34. The Balaban J connectivity index is 2.24. The van der Waals surface area contributed by atoms with Crippen molar-refractivity contribution in [2.45, 2.75) is 25.7 Å². The Morgan fingerprint density at radius 2 is 2.09 bits per heavy atom. The average molecular weight is 151 g/mol. The summed E-state index contributed by atoms with van der Waals surface area (Å²) in [5, 5.41) is 0. The van der Waals surface area contributed by atoms with Crippen molar-refractivity contribution in [2.24, 2.45) is 0 Å². The molecule has 0 bridgehead atoms. The summed E-state index contributed by atoms with van der Waals surface area (Å²) in [6, 6.07) is 0. The Hall–Kier alpha value is -0.970. The van der Waals surface area contributed by atoms with Crippen molar-refractivity contribution in [3.8, 4) is 12.3 Å². The summed E-state index contributed by atoms with van der Waals surface area (Å²) in [4.78, 5) is 13.1. The zero-order valence-electron chi connectivity index (χ0n) is 6.68. The monoisotopic (exact) mass is 151 g/mol. The van der Waals surface area contributed by atoms with Gasteiger partial charge in [-0.25, -0.2) is 0 Å². The predicted molar refractivity (Wildman–Crippen MR) is 43.9 cm³/mol. The van der Waals surface area contributed by atoms with Gasteiger partial charge in [-0.15, -0.1) is 12.3 Å². The highest BCUT2D eigenvalue weighted by Crippen LogP contribution is 2.09. The molecular formula is C9H13NO. The summed E-state index contributed by atoms with van der Waals surface area (Å²) in [5.74, 6) is 2.70. The van der Waals surface area contributed by atoms with E-state index in [4.69, 9.17) is 6.42 Å². The van der Waals surface area contributed by atoms with Gasteiger partial charge >= 0.3 is 0 Å². The molecule has 0 aromatic carbocycles. The molecule has 0 unspecified atom stereocenters. The molecule has 2 nitrogen and oxygen atoms in total. The van der Waals surface area contributed by atoms with Gasteiger partial charge in [0.1, 0.15) is 0 Å². The van der Waals surface area contributed by atoms with Crippen molar-refractivity contribution < 1.29 is 4.79 Å². The molecule has 60 valence electrons. The van der Waals surface area contributed by atoms with Gasteiger partial charge in [-0.05, 0) is 12.8 Å². The number of hydrogen-bond acceptors (Lipinski definition) is 1. The fourth-order valence-electron chi connectivity index (χ4n) is 1.30. The van der Waals surface area contributed by atoms with Crippen molar-refractivity contribution in [1.29, 1.82) is 0 Å². The SMILES string of the molecule is C#CCCC(=O)N1CCCC1. The van der Waals surface area contributed by atoms with Crippen molar-refractivity contribution in [1.82, 2.24) is 4.90 Å². The molecule has 0 spiro atoms. The second-order valence-electron chi connectivity index (χ2n) is 2.79. The number of rotatable bonds is 2. The van der Waals surface area contributed by atoms with E-state index < -0.39 is 0 Å². The van der Waals surface area contributed by atoms with Crippen LogP contribution in [0.4, 0.5) is 0 Å². The van der Waals surface area contributed by atoms with Crippen LogP contribution in [0.3, 0.4) is 0 Å². The molecule has 2 heteroatoms. The molecule has 1 aliphatic rings. The standard InChI is InChI=1S/C9H13NO/c1-2-3-6-9(11)10-7-4-5-8-10/h1H,3-8H2. The third-order valence-electron chi connectivity index (χ3n) is 1.94. The maximum Gasteiger partial charge on any atom is 0.223 e. The minimum Gasteiger partial charge on any atom is -0.343 e. The normalized spacial score (nSPS) is 16.5. The number of carbonyl (C=O) groups excluding carboxylic acids is 1. The van der Waals surface area contributed by atoms with Gasteiger partial charge in [0.05, 0.1) is 0 Å². The van der Waals surface area contributed by atoms with Crippen molar-refractivity contribution >= 4 is 5.91 Å². The molecule has 1 saturated heterocycles. The molecule has 0 N–H and O–H groups in total. The maximum atomic E-state index is 11.2. The Bertz CT molecular complexity index is 174. The molecule has 0 saturated carbocycles. The highest BCUT2D eigenvalue weighted by Gasteiger charge is 2.16. The van der Waals surface area contributed by atoms with Gasteiger partial charge < -0.3 is 4.90 Å². The Morgan fingerprint density at radius 1 is 1.45 bits per heavy atom. The van der Waals surface area contributed by atoms with Gasteiger partial charge in [-0.3, -0.25) is 4.79 Å². The van der Waals surface area contributed by atoms with Crippen LogP contribution in [0.1, 0.15) is 25.7 Å². The lowest BCUT2D eigenvalue weighted by Crippen LogP contribution is -2.27. The van der Waals surface area contributed by atoms with E-state index in [0.29, 0.717) is 12.8 Å². The van der Waals surface area contributed by atoms with Crippen LogP contribution in [0.25, 0.3) is 0 Å². The smallest absolute Gasteiger partial charge is 0.223 e. The summed E-state index contributed by atoms with van der Waals surface area (Å²) in [7, 11) is 0. The van der Waals surface area contributed by atoms with Gasteiger partial charge in [0.2, 0.25) is 5.91 Å². The van der Waals surface area contributed by atoms with Gasteiger partial charge in [0.15, 0.2) is 0 Å². The van der Waals surface area contributed by atoms with Crippen LogP contribution in [-0.2, 0) is 4.79 Å². The molecule has 0 radical (unpaired) electrons. The second-order valence-corrected chi connectivity index (χ2v) is 2.79. The molecule has 0 atom stereocenters. The summed E-state index contributed by atoms with van der Waals surface area (Å²) in [6.07, 6.45) is 8.47. The van der Waals surface area contributed by atoms with Gasteiger partial charge in [0, 0.05) is 25.9 Å². The van der Waals surface area contributed by atoms with Crippen LogP contribution in [-0.4, -0.2) is 23.9 Å². The van der Waals surface area contributed by atoms with E-state index in [9.17, 15) is 4.79 Å². The van der Waals surface area contributed by atoms with Gasteiger partial charge in [-0.2, -0.15) is 0 Å². The van der Waals surface area contributed by atoms with E-state index in [2.05, 4.69) is 5.92 Å². The van der Waals surface area contributed by atoms with Crippen LogP contribution < -0.4 is 0 Å². The lowest BCUT2D eigenvalue weighted by Gasteiger charge is -2.13.